The zero-order valence-electron chi connectivity index (χ0n) is 17.8. The van der Waals surface area contributed by atoms with Crippen LogP contribution in [-0.4, -0.2) is 49.4 Å². The van der Waals surface area contributed by atoms with E-state index in [1.54, 1.807) is 36.7 Å². The maximum atomic E-state index is 13.4. The lowest BCUT2D eigenvalue weighted by molar-refractivity contribution is -0.0494. The molecule has 0 unspecified atom stereocenters. The third-order valence-electron chi connectivity index (χ3n) is 5.73. The van der Waals surface area contributed by atoms with Gasteiger partial charge < -0.3 is 10.3 Å². The number of aryl methyl sites for hydroxylation is 1. The summed E-state index contributed by atoms with van der Waals surface area (Å²) in [6, 6.07) is 11.1. The fourth-order valence-electron chi connectivity index (χ4n) is 4.01. The second-order valence-electron chi connectivity index (χ2n) is 7.84. The van der Waals surface area contributed by atoms with Crippen LogP contribution in [-0.2, 0) is 0 Å². The number of aldehydes is 1. The fraction of sp³-hybridized carbons (Fsp3) is 0.292. The van der Waals surface area contributed by atoms with Gasteiger partial charge in [-0.05, 0) is 30.7 Å². The number of carbonyl (C=O) groups excluding carboxylic acids is 2. The van der Waals surface area contributed by atoms with Crippen LogP contribution in [0.15, 0.2) is 41.5 Å². The van der Waals surface area contributed by atoms with Crippen LogP contribution in [0.5, 0.6) is 0 Å². The summed E-state index contributed by atoms with van der Waals surface area (Å²) in [6.07, 6.45) is 1.82. The second-order valence-corrected chi connectivity index (χ2v) is 9.09. The summed E-state index contributed by atoms with van der Waals surface area (Å²) >= 11 is 1.58. The van der Waals surface area contributed by atoms with Crippen LogP contribution in [0.2, 0.25) is 0 Å². The van der Waals surface area contributed by atoms with Gasteiger partial charge in [-0.3, -0.25) is 9.59 Å². The topological polar surface area (TPSA) is 61.8 Å². The number of alkyl halides is 2. The molecule has 0 saturated carbocycles. The molecule has 2 aromatic carbocycles. The number of amides is 1. The zero-order valence-corrected chi connectivity index (χ0v) is 18.6. The molecule has 0 spiro atoms. The molecule has 0 atom stereocenters. The van der Waals surface area contributed by atoms with Gasteiger partial charge >= 0.3 is 0 Å². The van der Waals surface area contributed by atoms with Crippen molar-refractivity contribution in [1.29, 1.82) is 0 Å². The summed E-state index contributed by atoms with van der Waals surface area (Å²) in [5.41, 5.74) is 6.44. The number of likely N-dealkylation sites (tertiary alicyclic amines) is 1. The van der Waals surface area contributed by atoms with Crippen molar-refractivity contribution in [2.45, 2.75) is 25.7 Å². The molecule has 2 heterocycles. The van der Waals surface area contributed by atoms with E-state index in [4.69, 9.17) is 0 Å². The van der Waals surface area contributed by atoms with E-state index < -0.39 is 5.92 Å². The lowest BCUT2D eigenvalue weighted by Crippen LogP contribution is -2.42. The van der Waals surface area contributed by atoms with Gasteiger partial charge in [-0.1, -0.05) is 18.2 Å². The first-order valence-electron chi connectivity index (χ1n) is 10.3. The number of hydrazone groups is 1. The van der Waals surface area contributed by atoms with Crippen molar-refractivity contribution in [3.8, 4) is 11.1 Å². The Bertz CT molecular complexity index is 1210. The highest BCUT2D eigenvalue weighted by molar-refractivity contribution is 7.19. The van der Waals surface area contributed by atoms with Crippen LogP contribution in [0.1, 0.15) is 44.0 Å². The molecule has 0 aliphatic carbocycles. The van der Waals surface area contributed by atoms with Crippen LogP contribution in [0.4, 0.5) is 8.78 Å². The van der Waals surface area contributed by atoms with Crippen LogP contribution in [0.3, 0.4) is 0 Å². The molecule has 1 aliphatic heterocycles. The summed E-state index contributed by atoms with van der Waals surface area (Å²) in [5, 5.41) is 5.03. The number of piperidine rings is 1. The Balaban J connectivity index is 1.68. The van der Waals surface area contributed by atoms with Crippen molar-refractivity contribution in [2.24, 2.45) is 5.10 Å². The SMILES string of the molecule is CN/N=C\c1cc(-c2c(C)sc3cc(C(=O)N4CCC(F)(F)CC4)ccc23)ccc1C=O. The molecule has 1 aliphatic rings. The van der Waals surface area contributed by atoms with Gasteiger partial charge in [0, 0.05) is 70.2 Å². The van der Waals surface area contributed by atoms with E-state index in [9.17, 15) is 18.4 Å². The quantitative estimate of drug-likeness (QED) is 0.330. The molecule has 1 saturated heterocycles. The number of benzene rings is 2. The lowest BCUT2D eigenvalue weighted by Gasteiger charge is -2.31. The molecule has 32 heavy (non-hydrogen) atoms. The van der Waals surface area contributed by atoms with Crippen molar-refractivity contribution >= 4 is 39.8 Å². The molecule has 1 fully saturated rings. The first kappa shape index (κ1) is 22.1. The molecular weight excluding hydrogens is 432 g/mol. The number of nitrogens with zero attached hydrogens (tertiary/aromatic N) is 2. The number of halogens is 2. The average Bonchev–Trinajstić information content (AvgIpc) is 3.11. The number of rotatable bonds is 5. The molecule has 1 amide bonds. The number of carbonyl (C=O) groups is 2. The van der Waals surface area contributed by atoms with Gasteiger partial charge in [0.15, 0.2) is 6.29 Å². The van der Waals surface area contributed by atoms with E-state index in [-0.39, 0.29) is 31.8 Å². The number of hydrogen-bond acceptors (Lipinski definition) is 5. The Morgan fingerprint density at radius 2 is 1.91 bits per heavy atom. The van der Waals surface area contributed by atoms with Gasteiger partial charge in [0.25, 0.3) is 11.8 Å². The Kier molecular flexibility index (Phi) is 6.06. The summed E-state index contributed by atoms with van der Waals surface area (Å²) in [7, 11) is 1.69. The summed E-state index contributed by atoms with van der Waals surface area (Å²) in [5.74, 6) is -2.90. The highest BCUT2D eigenvalue weighted by Crippen LogP contribution is 2.39. The predicted octanol–water partition coefficient (Wildman–Crippen LogP) is 5.11. The number of thiophene rings is 1. The molecule has 1 N–H and O–H groups in total. The minimum Gasteiger partial charge on any atom is -0.338 e. The highest BCUT2D eigenvalue weighted by Gasteiger charge is 2.35. The van der Waals surface area contributed by atoms with Gasteiger partial charge in [0.1, 0.15) is 0 Å². The minimum atomic E-state index is -2.68. The van der Waals surface area contributed by atoms with Gasteiger partial charge in [0.2, 0.25) is 0 Å². The summed E-state index contributed by atoms with van der Waals surface area (Å²) in [6.45, 7) is 2.15. The molecular formula is C24H23F2N3O2S. The normalized spacial score (nSPS) is 15.9. The van der Waals surface area contributed by atoms with Crippen molar-refractivity contribution in [2.75, 3.05) is 20.1 Å². The van der Waals surface area contributed by atoms with E-state index in [1.807, 2.05) is 31.2 Å². The molecule has 166 valence electrons. The summed E-state index contributed by atoms with van der Waals surface area (Å²) < 4.78 is 27.8. The number of fused-ring (bicyclic) bond motifs is 1. The Morgan fingerprint density at radius 1 is 1.16 bits per heavy atom. The van der Waals surface area contributed by atoms with Gasteiger partial charge in [-0.2, -0.15) is 5.10 Å². The molecule has 4 rings (SSSR count). The summed E-state index contributed by atoms with van der Waals surface area (Å²) in [4.78, 5) is 26.8. The number of hydrogen-bond donors (Lipinski definition) is 1. The first-order valence-corrected chi connectivity index (χ1v) is 11.1. The zero-order chi connectivity index (χ0) is 22.9. The Hall–Kier alpha value is -3.13. The maximum Gasteiger partial charge on any atom is 0.253 e. The molecule has 3 aromatic rings. The van der Waals surface area contributed by atoms with Crippen molar-refractivity contribution in [3.63, 3.8) is 0 Å². The maximum absolute atomic E-state index is 13.4. The largest absolute Gasteiger partial charge is 0.338 e. The van der Waals surface area contributed by atoms with Crippen LogP contribution < -0.4 is 5.43 Å². The molecule has 0 radical (unpaired) electrons. The molecule has 8 heteroatoms. The molecule has 5 nitrogen and oxygen atoms in total. The smallest absolute Gasteiger partial charge is 0.253 e. The third-order valence-corrected chi connectivity index (χ3v) is 6.80. The molecule has 0 bridgehead atoms. The van der Waals surface area contributed by atoms with Crippen molar-refractivity contribution in [1.82, 2.24) is 10.3 Å². The standard InChI is InChI=1S/C24H23F2N3O2S/c1-15-22(16-3-4-18(14-30)19(11-16)13-28-27-2)20-6-5-17(12-21(20)32-15)23(31)29-9-7-24(25,26)8-10-29/h3-6,11-14,27H,7-10H2,1-2H3/b28-13-. The lowest BCUT2D eigenvalue weighted by atomic mass is 9.97. The first-order chi connectivity index (χ1) is 15.3. The highest BCUT2D eigenvalue weighted by atomic mass is 32.1. The van der Waals surface area contributed by atoms with Crippen molar-refractivity contribution in [3.05, 3.63) is 58.0 Å². The minimum absolute atomic E-state index is 0.0681. The van der Waals surface area contributed by atoms with Crippen LogP contribution in [0, 0.1) is 6.92 Å². The predicted molar refractivity (Wildman–Crippen MR) is 124 cm³/mol. The van der Waals surface area contributed by atoms with Crippen LogP contribution in [0.25, 0.3) is 21.2 Å². The van der Waals surface area contributed by atoms with E-state index >= 15 is 0 Å². The van der Waals surface area contributed by atoms with Gasteiger partial charge in [-0.25, -0.2) is 8.78 Å². The van der Waals surface area contributed by atoms with Gasteiger partial charge in [0.05, 0.1) is 6.21 Å². The molecule has 1 aromatic heterocycles. The van der Waals surface area contributed by atoms with E-state index in [0.717, 1.165) is 32.4 Å². The van der Waals surface area contributed by atoms with Crippen LogP contribution >= 0.6 is 11.3 Å². The number of nitrogens with one attached hydrogen (secondary N) is 1. The fourth-order valence-corrected chi connectivity index (χ4v) is 5.14. The third kappa shape index (κ3) is 4.27. The second kappa shape index (κ2) is 8.78. The Morgan fingerprint density at radius 3 is 2.59 bits per heavy atom. The van der Waals surface area contributed by atoms with E-state index in [2.05, 4.69) is 10.5 Å². The van der Waals surface area contributed by atoms with E-state index in [1.165, 1.54) is 4.90 Å². The average molecular weight is 456 g/mol. The van der Waals surface area contributed by atoms with Crippen molar-refractivity contribution < 1.29 is 18.4 Å². The monoisotopic (exact) mass is 455 g/mol. The van der Waals surface area contributed by atoms with E-state index in [0.29, 0.717) is 16.7 Å². The Labute approximate surface area is 188 Å². The van der Waals surface area contributed by atoms with Gasteiger partial charge in [-0.15, -0.1) is 11.3 Å².